The van der Waals surface area contributed by atoms with Crippen molar-refractivity contribution in [1.29, 1.82) is 0 Å². The molecule has 1 fully saturated rings. The van der Waals surface area contributed by atoms with Crippen molar-refractivity contribution in [2.24, 2.45) is 0 Å². The summed E-state index contributed by atoms with van der Waals surface area (Å²) in [6, 6.07) is 15.0. The van der Waals surface area contributed by atoms with Gasteiger partial charge in [-0.25, -0.2) is 13.2 Å². The fourth-order valence-electron chi connectivity index (χ4n) is 4.90. The van der Waals surface area contributed by atoms with Crippen molar-refractivity contribution in [1.82, 2.24) is 0 Å². The highest BCUT2D eigenvalue weighted by Crippen LogP contribution is 2.36. The zero-order valence-corrected chi connectivity index (χ0v) is 22.3. The van der Waals surface area contributed by atoms with E-state index in [1.165, 1.54) is 6.07 Å². The lowest BCUT2D eigenvalue weighted by Gasteiger charge is -2.29. The summed E-state index contributed by atoms with van der Waals surface area (Å²) >= 11 is 0. The van der Waals surface area contributed by atoms with Crippen LogP contribution in [0, 0.1) is 17.5 Å². The third-order valence-electron chi connectivity index (χ3n) is 7.13. The van der Waals surface area contributed by atoms with Crippen LogP contribution < -0.4 is 9.47 Å². The van der Waals surface area contributed by atoms with Crippen molar-refractivity contribution < 1.29 is 27.4 Å². The van der Waals surface area contributed by atoms with Gasteiger partial charge in [0, 0.05) is 23.8 Å². The summed E-state index contributed by atoms with van der Waals surface area (Å²) in [6.07, 6.45) is 6.46. The van der Waals surface area contributed by atoms with E-state index in [4.69, 9.17) is 14.2 Å². The van der Waals surface area contributed by atoms with Gasteiger partial charge in [-0.3, -0.25) is 0 Å². The van der Waals surface area contributed by atoms with Crippen LogP contribution in [0.15, 0.2) is 54.6 Å². The molecule has 1 saturated carbocycles. The summed E-state index contributed by atoms with van der Waals surface area (Å²) in [5.74, 6) is -1.00. The molecule has 3 aromatic carbocycles. The summed E-state index contributed by atoms with van der Waals surface area (Å²) in [6.45, 7) is 5.36. The Bertz CT molecular complexity index is 1170. The van der Waals surface area contributed by atoms with Crippen molar-refractivity contribution in [2.75, 3.05) is 13.2 Å². The quantitative estimate of drug-likeness (QED) is 0.220. The second-order valence-corrected chi connectivity index (χ2v) is 9.94. The summed E-state index contributed by atoms with van der Waals surface area (Å²) in [7, 11) is 0. The molecule has 3 aromatic rings. The lowest BCUT2D eigenvalue weighted by molar-refractivity contribution is 0.0248. The molecule has 0 bridgehead atoms. The van der Waals surface area contributed by atoms with Crippen LogP contribution in [0.4, 0.5) is 13.2 Å². The number of rotatable bonds is 12. The molecule has 0 spiro atoms. The Morgan fingerprint density at radius 2 is 1.47 bits per heavy atom. The Morgan fingerprint density at radius 1 is 0.737 bits per heavy atom. The molecule has 38 heavy (non-hydrogen) atoms. The minimum atomic E-state index is -0.855. The first-order chi connectivity index (χ1) is 18.5. The highest BCUT2D eigenvalue weighted by Gasteiger charge is 2.26. The first kappa shape index (κ1) is 28.0. The normalized spacial score (nSPS) is 17.4. The second kappa shape index (κ2) is 13.7. The highest BCUT2D eigenvalue weighted by atomic mass is 19.2. The minimum Gasteiger partial charge on any atom is -0.493 e. The minimum absolute atomic E-state index is 0.00542. The molecule has 1 aliphatic rings. The third kappa shape index (κ3) is 7.10. The fraction of sp³-hybridized carbons (Fsp3) is 0.438. The van der Waals surface area contributed by atoms with E-state index in [0.29, 0.717) is 34.8 Å². The molecule has 0 heterocycles. The zero-order chi connectivity index (χ0) is 26.9. The highest BCUT2D eigenvalue weighted by molar-refractivity contribution is 5.65. The fourth-order valence-corrected chi connectivity index (χ4v) is 4.90. The molecule has 6 heteroatoms. The van der Waals surface area contributed by atoms with E-state index in [-0.39, 0.29) is 30.0 Å². The van der Waals surface area contributed by atoms with E-state index in [9.17, 15) is 13.2 Å². The van der Waals surface area contributed by atoms with E-state index in [1.54, 1.807) is 48.5 Å². The molecular weight excluding hydrogens is 489 g/mol. The van der Waals surface area contributed by atoms with Crippen molar-refractivity contribution in [2.45, 2.75) is 77.4 Å². The molecule has 3 nitrogen and oxygen atoms in total. The van der Waals surface area contributed by atoms with Gasteiger partial charge in [-0.15, -0.1) is 0 Å². The van der Waals surface area contributed by atoms with Gasteiger partial charge in [0.15, 0.2) is 11.6 Å². The van der Waals surface area contributed by atoms with Gasteiger partial charge in [-0.1, -0.05) is 44.5 Å². The number of unbranched alkanes of at least 4 members (excludes halogenated alkanes) is 1. The SMILES string of the molecule is CCCCOc1ccc(-c2ccc(OCc3ccc(C4CCC(OCCC)CC4)c(F)c3F)cc2)c(F)c1. The maximum atomic E-state index is 15.0. The molecule has 0 radical (unpaired) electrons. The maximum Gasteiger partial charge on any atom is 0.165 e. The Morgan fingerprint density at radius 3 is 2.16 bits per heavy atom. The van der Waals surface area contributed by atoms with E-state index < -0.39 is 11.6 Å². The van der Waals surface area contributed by atoms with Crippen LogP contribution in [-0.4, -0.2) is 19.3 Å². The van der Waals surface area contributed by atoms with Gasteiger partial charge in [0.25, 0.3) is 0 Å². The first-order valence-electron chi connectivity index (χ1n) is 13.7. The summed E-state index contributed by atoms with van der Waals surface area (Å²) < 4.78 is 61.6. The largest absolute Gasteiger partial charge is 0.493 e. The predicted molar refractivity (Wildman–Crippen MR) is 144 cm³/mol. The van der Waals surface area contributed by atoms with E-state index >= 15 is 0 Å². The molecule has 0 aliphatic heterocycles. The Balaban J connectivity index is 1.34. The van der Waals surface area contributed by atoms with Crippen LogP contribution in [-0.2, 0) is 11.3 Å². The smallest absolute Gasteiger partial charge is 0.165 e. The molecule has 0 unspecified atom stereocenters. The number of ether oxygens (including phenoxy) is 3. The van der Waals surface area contributed by atoms with Crippen LogP contribution in [0.3, 0.4) is 0 Å². The zero-order valence-electron chi connectivity index (χ0n) is 22.3. The van der Waals surface area contributed by atoms with Crippen molar-refractivity contribution in [3.05, 3.63) is 83.2 Å². The number of hydrogen-bond donors (Lipinski definition) is 0. The molecule has 0 amide bonds. The standard InChI is InChI=1S/C32H37F3O3/c1-3-5-19-37-27-15-17-28(30(33)20-27)22-6-13-26(14-7-22)38-21-24-10-16-29(32(35)31(24)34)23-8-11-25(12-9-23)36-18-4-2/h6-7,10,13-17,20,23,25H,3-5,8-9,11-12,18-19,21H2,1-2H3. The van der Waals surface area contributed by atoms with Gasteiger partial charge in [0.1, 0.15) is 23.9 Å². The lowest BCUT2D eigenvalue weighted by Crippen LogP contribution is -2.22. The van der Waals surface area contributed by atoms with E-state index in [1.807, 2.05) is 0 Å². The molecular formula is C32H37F3O3. The second-order valence-electron chi connectivity index (χ2n) is 9.94. The van der Waals surface area contributed by atoms with Gasteiger partial charge in [-0.2, -0.15) is 0 Å². The van der Waals surface area contributed by atoms with Gasteiger partial charge in [-0.05, 0) is 79.8 Å². The van der Waals surface area contributed by atoms with Gasteiger partial charge < -0.3 is 14.2 Å². The van der Waals surface area contributed by atoms with Gasteiger partial charge in [0.05, 0.1) is 12.7 Å². The Kier molecular flexibility index (Phi) is 10.1. The molecule has 0 N–H and O–H groups in total. The molecule has 1 aliphatic carbocycles. The van der Waals surface area contributed by atoms with Crippen molar-refractivity contribution in [3.63, 3.8) is 0 Å². The van der Waals surface area contributed by atoms with Gasteiger partial charge >= 0.3 is 0 Å². The average Bonchev–Trinajstić information content (AvgIpc) is 2.94. The molecule has 204 valence electrons. The summed E-state index contributed by atoms with van der Waals surface area (Å²) in [4.78, 5) is 0. The van der Waals surface area contributed by atoms with Crippen molar-refractivity contribution in [3.8, 4) is 22.6 Å². The molecule has 0 atom stereocenters. The van der Waals surface area contributed by atoms with Crippen LogP contribution in [0.5, 0.6) is 11.5 Å². The third-order valence-corrected chi connectivity index (χ3v) is 7.13. The molecule has 0 aromatic heterocycles. The topological polar surface area (TPSA) is 27.7 Å². The van der Waals surface area contributed by atoms with Crippen LogP contribution in [0.1, 0.15) is 75.8 Å². The number of hydrogen-bond acceptors (Lipinski definition) is 3. The lowest BCUT2D eigenvalue weighted by atomic mass is 9.82. The number of benzene rings is 3. The number of halogens is 3. The van der Waals surface area contributed by atoms with Crippen LogP contribution >= 0.6 is 0 Å². The molecule has 0 saturated heterocycles. The van der Waals surface area contributed by atoms with E-state index in [0.717, 1.165) is 51.6 Å². The molecule has 4 rings (SSSR count). The average molecular weight is 527 g/mol. The van der Waals surface area contributed by atoms with Crippen LogP contribution in [0.2, 0.25) is 0 Å². The maximum absolute atomic E-state index is 15.0. The Hall–Kier alpha value is -2.99. The van der Waals surface area contributed by atoms with Gasteiger partial charge in [0.2, 0.25) is 0 Å². The monoisotopic (exact) mass is 526 g/mol. The van der Waals surface area contributed by atoms with E-state index in [2.05, 4.69) is 13.8 Å². The van der Waals surface area contributed by atoms with Crippen LogP contribution in [0.25, 0.3) is 11.1 Å². The Labute approximate surface area is 223 Å². The predicted octanol–water partition coefficient (Wildman–Crippen LogP) is 8.98. The summed E-state index contributed by atoms with van der Waals surface area (Å²) in [5.41, 5.74) is 1.74. The van der Waals surface area contributed by atoms with Crippen molar-refractivity contribution >= 4 is 0 Å². The summed E-state index contributed by atoms with van der Waals surface area (Å²) in [5, 5.41) is 0. The first-order valence-corrected chi connectivity index (χ1v) is 13.7.